The van der Waals surface area contributed by atoms with Crippen molar-refractivity contribution in [1.29, 1.82) is 0 Å². The second kappa shape index (κ2) is 19.5. The number of H-pyrrole nitrogens is 1. The van der Waals surface area contributed by atoms with E-state index in [1.807, 2.05) is 41.3 Å². The Kier molecular flexibility index (Phi) is 13.8. The number of amides is 5. The number of imidazole rings is 1. The van der Waals surface area contributed by atoms with E-state index in [2.05, 4.69) is 20.9 Å². The Morgan fingerprint density at radius 2 is 1.22 bits per heavy atom. The van der Waals surface area contributed by atoms with Crippen LogP contribution >= 0.6 is 0 Å². The fourth-order valence-corrected chi connectivity index (χ4v) is 8.86. The van der Waals surface area contributed by atoms with E-state index in [0.29, 0.717) is 83.1 Å². The van der Waals surface area contributed by atoms with Crippen molar-refractivity contribution in [2.24, 2.45) is 11.8 Å². The molecule has 4 aliphatic rings. The van der Waals surface area contributed by atoms with Crippen molar-refractivity contribution in [2.45, 2.75) is 75.5 Å². The van der Waals surface area contributed by atoms with Gasteiger partial charge in [-0.25, -0.2) is 14.6 Å². The predicted octanol–water partition coefficient (Wildman–Crippen LogP) is 4.43. The zero-order valence-electron chi connectivity index (χ0n) is 33.8. The molecule has 2 aromatic carbocycles. The van der Waals surface area contributed by atoms with Crippen LogP contribution in [0, 0.1) is 11.8 Å². The van der Waals surface area contributed by atoms with Crippen molar-refractivity contribution < 1.29 is 42.9 Å². The van der Waals surface area contributed by atoms with Gasteiger partial charge in [0.15, 0.2) is 0 Å². The largest absolute Gasteiger partial charge is 0.453 e. The van der Waals surface area contributed by atoms with Crippen LogP contribution in [0.3, 0.4) is 0 Å². The first-order valence-electron chi connectivity index (χ1n) is 20.7. The van der Waals surface area contributed by atoms with Crippen molar-refractivity contribution in [2.75, 3.05) is 60.3 Å². The Bertz CT molecular complexity index is 1930. The molecule has 59 heavy (non-hydrogen) atoms. The van der Waals surface area contributed by atoms with E-state index in [0.717, 1.165) is 48.1 Å². The molecule has 16 heteroatoms. The minimum Gasteiger partial charge on any atom is -0.453 e. The first-order valence-corrected chi connectivity index (χ1v) is 20.7. The SMILES string of the molecule is COC(=O)N[C@H](C(=O)N1CCC[C@H]1CNC(=O)c1ccc(-c2ccc(-c3cnc([C@@H]4CCCN4C(=O)[C@@H](NC(=O)OC)C4CCOCC4)[nH]3)cc2)cc1)C1CCOCC1. The zero-order chi connectivity index (χ0) is 41.3. The van der Waals surface area contributed by atoms with E-state index in [1.54, 1.807) is 23.2 Å². The molecule has 4 atom stereocenters. The highest BCUT2D eigenvalue weighted by Crippen LogP contribution is 2.34. The number of carbonyl (C=O) groups is 5. The summed E-state index contributed by atoms with van der Waals surface area (Å²) < 4.78 is 20.7. The summed E-state index contributed by atoms with van der Waals surface area (Å²) in [6, 6.07) is 13.6. The molecule has 4 aliphatic heterocycles. The summed E-state index contributed by atoms with van der Waals surface area (Å²) in [6.45, 7) is 3.62. The number of benzene rings is 2. The molecule has 0 spiro atoms. The standard InChI is InChI=1S/C43H55N7O9/c1-56-42(54)47-36(30-15-21-58-22-16-30)40(52)49-19-3-5-33(49)25-45-39(51)32-13-9-28(10-14-32)27-7-11-29(12-8-27)34-26-44-38(46-34)35-6-4-20-50(35)41(53)37(48-43(55)57-2)31-17-23-59-24-18-31/h7-14,26,30-31,33,35-37H,3-6,15-25H2,1-2H3,(H,44,46)(H,45,51)(H,47,54)(H,48,55)/t33-,35-,36-,37-/m0/s1. The highest BCUT2D eigenvalue weighted by atomic mass is 16.5. The number of rotatable bonds is 12. The Labute approximate surface area is 344 Å². The molecular formula is C43H55N7O9. The summed E-state index contributed by atoms with van der Waals surface area (Å²) in [5.74, 6) is 0.106. The summed E-state index contributed by atoms with van der Waals surface area (Å²) in [7, 11) is 2.58. The van der Waals surface area contributed by atoms with Crippen molar-refractivity contribution in [3.63, 3.8) is 0 Å². The fourth-order valence-electron chi connectivity index (χ4n) is 8.86. The minimum atomic E-state index is -0.707. The molecule has 7 rings (SSSR count). The highest BCUT2D eigenvalue weighted by molar-refractivity contribution is 5.95. The zero-order valence-corrected chi connectivity index (χ0v) is 33.8. The van der Waals surface area contributed by atoms with Crippen LogP contribution < -0.4 is 16.0 Å². The number of carbonyl (C=O) groups excluding carboxylic acids is 5. The molecule has 4 saturated heterocycles. The lowest BCUT2D eigenvalue weighted by atomic mass is 9.90. The summed E-state index contributed by atoms with van der Waals surface area (Å²) in [6.07, 6.45) is 6.39. The van der Waals surface area contributed by atoms with E-state index >= 15 is 0 Å². The number of likely N-dealkylation sites (tertiary alicyclic amines) is 2. The Morgan fingerprint density at radius 3 is 1.80 bits per heavy atom. The maximum absolute atomic E-state index is 13.9. The van der Waals surface area contributed by atoms with Crippen LogP contribution in [0.1, 0.15) is 73.6 Å². The van der Waals surface area contributed by atoms with Crippen molar-refractivity contribution in [3.05, 3.63) is 66.1 Å². The number of methoxy groups -OCH3 is 2. The molecule has 5 amide bonds. The van der Waals surface area contributed by atoms with E-state index in [-0.39, 0.29) is 41.6 Å². The molecule has 5 heterocycles. The number of alkyl carbamates (subject to hydrolysis) is 2. The van der Waals surface area contributed by atoms with Crippen molar-refractivity contribution in [1.82, 2.24) is 35.7 Å². The third-order valence-electron chi connectivity index (χ3n) is 12.2. The molecule has 0 radical (unpaired) electrons. The molecule has 3 aromatic rings. The number of aromatic nitrogens is 2. The number of aromatic amines is 1. The summed E-state index contributed by atoms with van der Waals surface area (Å²) in [5, 5.41) is 8.58. The lowest BCUT2D eigenvalue weighted by molar-refractivity contribution is -0.137. The Balaban J connectivity index is 0.945. The molecule has 0 saturated carbocycles. The average Bonchev–Trinajstić information content (AvgIpc) is 4.09. The lowest BCUT2D eigenvalue weighted by Gasteiger charge is -2.34. The van der Waals surface area contributed by atoms with Crippen molar-refractivity contribution in [3.8, 4) is 22.4 Å². The van der Waals surface area contributed by atoms with Gasteiger partial charge in [-0.2, -0.15) is 0 Å². The Morgan fingerprint density at radius 1 is 0.712 bits per heavy atom. The number of nitrogens with one attached hydrogen (secondary N) is 4. The topological polar surface area (TPSA) is 194 Å². The lowest BCUT2D eigenvalue weighted by Crippen LogP contribution is -2.55. The first kappa shape index (κ1) is 41.7. The quantitative estimate of drug-likeness (QED) is 0.203. The van der Waals surface area contributed by atoms with Crippen LogP contribution in [0.2, 0.25) is 0 Å². The number of hydrogen-bond acceptors (Lipinski definition) is 10. The molecule has 0 unspecified atom stereocenters. The van der Waals surface area contributed by atoms with Crippen LogP contribution in [0.5, 0.6) is 0 Å². The van der Waals surface area contributed by atoms with Crippen molar-refractivity contribution >= 4 is 29.9 Å². The maximum Gasteiger partial charge on any atom is 0.407 e. The van der Waals surface area contributed by atoms with Gasteiger partial charge in [-0.15, -0.1) is 0 Å². The third-order valence-corrected chi connectivity index (χ3v) is 12.2. The molecule has 0 aliphatic carbocycles. The van der Waals surface area contributed by atoms with E-state index < -0.39 is 24.3 Å². The van der Waals surface area contributed by atoms with E-state index in [9.17, 15) is 24.0 Å². The third kappa shape index (κ3) is 9.87. The molecule has 0 bridgehead atoms. The second-order valence-corrected chi connectivity index (χ2v) is 15.7. The van der Waals surface area contributed by atoms with Crippen LogP contribution in [0.25, 0.3) is 22.4 Å². The van der Waals surface area contributed by atoms with Gasteiger partial charge in [-0.05, 0) is 92.0 Å². The summed E-state index contributed by atoms with van der Waals surface area (Å²) in [5.41, 5.74) is 4.20. The summed E-state index contributed by atoms with van der Waals surface area (Å²) in [4.78, 5) is 77.1. The van der Waals surface area contributed by atoms with Crippen LogP contribution in [0.4, 0.5) is 9.59 Å². The monoisotopic (exact) mass is 813 g/mol. The van der Waals surface area contributed by atoms with Gasteiger partial charge >= 0.3 is 12.2 Å². The van der Waals surface area contributed by atoms with Crippen LogP contribution in [-0.4, -0.2) is 128 Å². The van der Waals surface area contributed by atoms with Gasteiger partial charge in [-0.1, -0.05) is 36.4 Å². The smallest absolute Gasteiger partial charge is 0.407 e. The van der Waals surface area contributed by atoms with Gasteiger partial charge in [0, 0.05) is 57.7 Å². The summed E-state index contributed by atoms with van der Waals surface area (Å²) >= 11 is 0. The number of ether oxygens (including phenoxy) is 4. The maximum atomic E-state index is 13.9. The van der Waals surface area contributed by atoms with Gasteiger partial charge in [0.1, 0.15) is 17.9 Å². The van der Waals surface area contributed by atoms with Crippen LogP contribution in [-0.2, 0) is 28.5 Å². The number of nitrogens with zero attached hydrogens (tertiary/aromatic N) is 3. The highest BCUT2D eigenvalue weighted by Gasteiger charge is 2.41. The second-order valence-electron chi connectivity index (χ2n) is 15.7. The Hall–Kier alpha value is -5.48. The van der Waals surface area contributed by atoms with Gasteiger partial charge < -0.3 is 49.7 Å². The average molecular weight is 814 g/mol. The van der Waals surface area contributed by atoms with E-state index in [1.165, 1.54) is 14.2 Å². The van der Waals surface area contributed by atoms with Gasteiger partial charge in [0.05, 0.1) is 32.2 Å². The molecule has 4 N–H and O–H groups in total. The molecular weight excluding hydrogens is 759 g/mol. The number of hydrogen-bond donors (Lipinski definition) is 4. The normalized spacial score (nSPS) is 21.1. The molecule has 1 aromatic heterocycles. The molecule has 16 nitrogen and oxygen atoms in total. The van der Waals surface area contributed by atoms with Gasteiger partial charge in [0.25, 0.3) is 5.91 Å². The first-order chi connectivity index (χ1) is 28.7. The van der Waals surface area contributed by atoms with Gasteiger partial charge in [0.2, 0.25) is 11.8 Å². The fraction of sp³-hybridized carbons (Fsp3) is 0.535. The molecule has 4 fully saturated rings. The molecule has 316 valence electrons. The van der Waals surface area contributed by atoms with Crippen LogP contribution in [0.15, 0.2) is 54.7 Å². The predicted molar refractivity (Wildman–Crippen MR) is 216 cm³/mol. The minimum absolute atomic E-state index is 0.0388. The van der Waals surface area contributed by atoms with Gasteiger partial charge in [-0.3, -0.25) is 14.4 Å². The van der Waals surface area contributed by atoms with E-state index in [4.69, 9.17) is 23.9 Å².